The standard InChI is InChI=1S/C29H26N2/c1-3-20(2)19-30-25-15-9-7-13-22(25)23-17-18-27-28(29(23)30)24-14-8-10-16-26(24)31(27)21-11-5-4-6-12-21/h4-18,20H,3,19H2,1-2H3. The number of nitrogens with zero attached hydrogens (tertiary/aromatic N) is 2. The Morgan fingerprint density at radius 2 is 1.32 bits per heavy atom. The molecule has 6 rings (SSSR count). The highest BCUT2D eigenvalue weighted by molar-refractivity contribution is 6.25. The quantitative estimate of drug-likeness (QED) is 0.283. The third-order valence-corrected chi connectivity index (χ3v) is 6.77. The second-order valence-corrected chi connectivity index (χ2v) is 8.69. The Bertz CT molecular complexity index is 1550. The average Bonchev–Trinajstić information content (AvgIpc) is 3.32. The molecular weight excluding hydrogens is 376 g/mol. The molecule has 1 unspecified atom stereocenters. The highest BCUT2D eigenvalue weighted by atomic mass is 15.0. The molecule has 2 aromatic heterocycles. The molecule has 0 radical (unpaired) electrons. The van der Waals surface area contributed by atoms with Gasteiger partial charge in [0.05, 0.1) is 16.6 Å². The Morgan fingerprint density at radius 1 is 0.645 bits per heavy atom. The summed E-state index contributed by atoms with van der Waals surface area (Å²) in [5.74, 6) is 0.622. The van der Waals surface area contributed by atoms with Gasteiger partial charge in [-0.3, -0.25) is 0 Å². The topological polar surface area (TPSA) is 9.86 Å². The summed E-state index contributed by atoms with van der Waals surface area (Å²) in [6.45, 7) is 5.67. The van der Waals surface area contributed by atoms with Gasteiger partial charge in [-0.25, -0.2) is 0 Å². The van der Waals surface area contributed by atoms with Gasteiger partial charge in [-0.05, 0) is 36.2 Å². The maximum absolute atomic E-state index is 2.57. The van der Waals surface area contributed by atoms with E-state index in [9.17, 15) is 0 Å². The Hall–Kier alpha value is -3.52. The smallest absolute Gasteiger partial charge is 0.0593 e. The fraction of sp³-hybridized carbons (Fsp3) is 0.172. The summed E-state index contributed by atoms with van der Waals surface area (Å²) < 4.78 is 4.98. The van der Waals surface area contributed by atoms with Crippen LogP contribution in [0.25, 0.3) is 49.3 Å². The monoisotopic (exact) mass is 402 g/mol. The van der Waals surface area contributed by atoms with Crippen LogP contribution < -0.4 is 0 Å². The summed E-state index contributed by atoms with van der Waals surface area (Å²) in [7, 11) is 0. The van der Waals surface area contributed by atoms with Crippen molar-refractivity contribution in [1.82, 2.24) is 9.13 Å². The van der Waals surface area contributed by atoms with Crippen molar-refractivity contribution in [3.63, 3.8) is 0 Å². The van der Waals surface area contributed by atoms with Crippen molar-refractivity contribution in [2.75, 3.05) is 0 Å². The van der Waals surface area contributed by atoms with E-state index in [0.717, 1.165) is 6.54 Å². The lowest BCUT2D eigenvalue weighted by Gasteiger charge is -2.13. The first-order chi connectivity index (χ1) is 15.3. The number of benzene rings is 4. The van der Waals surface area contributed by atoms with E-state index in [2.05, 4.69) is 114 Å². The third kappa shape index (κ3) is 2.64. The number of aromatic nitrogens is 2. The lowest BCUT2D eigenvalue weighted by molar-refractivity contribution is 0.485. The molecule has 0 bridgehead atoms. The lowest BCUT2D eigenvalue weighted by Crippen LogP contribution is -2.06. The maximum Gasteiger partial charge on any atom is 0.0593 e. The van der Waals surface area contributed by atoms with Crippen molar-refractivity contribution < 1.29 is 0 Å². The third-order valence-electron chi connectivity index (χ3n) is 6.77. The van der Waals surface area contributed by atoms with Crippen LogP contribution in [0.15, 0.2) is 91.0 Å². The van der Waals surface area contributed by atoms with Crippen LogP contribution in [-0.4, -0.2) is 9.13 Å². The molecule has 0 N–H and O–H groups in total. The van der Waals surface area contributed by atoms with Crippen LogP contribution in [-0.2, 0) is 6.54 Å². The molecule has 6 aromatic rings. The van der Waals surface area contributed by atoms with Crippen molar-refractivity contribution in [3.05, 3.63) is 91.0 Å². The van der Waals surface area contributed by atoms with E-state index >= 15 is 0 Å². The minimum absolute atomic E-state index is 0.622. The number of hydrogen-bond donors (Lipinski definition) is 0. The van der Waals surface area contributed by atoms with Crippen LogP contribution in [0.1, 0.15) is 20.3 Å². The maximum atomic E-state index is 2.57. The van der Waals surface area contributed by atoms with Crippen LogP contribution in [0.2, 0.25) is 0 Å². The van der Waals surface area contributed by atoms with Gasteiger partial charge in [0, 0.05) is 39.3 Å². The molecule has 1 atom stereocenters. The molecule has 2 heteroatoms. The van der Waals surface area contributed by atoms with Gasteiger partial charge in [0.2, 0.25) is 0 Å². The summed E-state index contributed by atoms with van der Waals surface area (Å²) in [5.41, 5.74) is 6.44. The van der Waals surface area contributed by atoms with Crippen molar-refractivity contribution in [3.8, 4) is 5.69 Å². The van der Waals surface area contributed by atoms with Crippen molar-refractivity contribution in [2.24, 2.45) is 5.92 Å². The number of fused-ring (bicyclic) bond motifs is 7. The molecule has 31 heavy (non-hydrogen) atoms. The SMILES string of the molecule is CCC(C)Cn1c2ccccc2c2ccc3c(c4ccccc4n3-c3ccccc3)c21. The number of para-hydroxylation sites is 3. The average molecular weight is 403 g/mol. The Morgan fingerprint density at radius 3 is 2.10 bits per heavy atom. The first kappa shape index (κ1) is 18.3. The molecule has 2 nitrogen and oxygen atoms in total. The summed E-state index contributed by atoms with van der Waals surface area (Å²) in [6, 6.07) is 33.1. The van der Waals surface area contributed by atoms with E-state index in [-0.39, 0.29) is 0 Å². The predicted octanol–water partition coefficient (Wildman–Crippen LogP) is 7.94. The zero-order chi connectivity index (χ0) is 20.9. The second-order valence-electron chi connectivity index (χ2n) is 8.69. The van der Waals surface area contributed by atoms with Gasteiger partial charge >= 0.3 is 0 Å². The normalized spacial score (nSPS) is 13.0. The number of rotatable bonds is 4. The van der Waals surface area contributed by atoms with E-state index in [1.54, 1.807) is 0 Å². The van der Waals surface area contributed by atoms with Crippen molar-refractivity contribution in [2.45, 2.75) is 26.8 Å². The molecule has 0 fully saturated rings. The lowest BCUT2D eigenvalue weighted by atomic mass is 10.1. The summed E-state index contributed by atoms with van der Waals surface area (Å²) in [5, 5.41) is 5.37. The van der Waals surface area contributed by atoms with E-state index in [1.165, 1.54) is 55.7 Å². The van der Waals surface area contributed by atoms with E-state index in [1.807, 2.05) is 0 Å². The van der Waals surface area contributed by atoms with Gasteiger partial charge in [-0.1, -0.05) is 80.9 Å². The van der Waals surface area contributed by atoms with Gasteiger partial charge in [0.1, 0.15) is 0 Å². The first-order valence-electron chi connectivity index (χ1n) is 11.3. The van der Waals surface area contributed by atoms with E-state index in [0.29, 0.717) is 5.92 Å². The molecule has 152 valence electrons. The predicted molar refractivity (Wildman–Crippen MR) is 133 cm³/mol. The molecular formula is C29H26N2. The molecule has 2 heterocycles. The Labute approximate surface area is 182 Å². The van der Waals surface area contributed by atoms with Crippen LogP contribution in [0, 0.1) is 5.92 Å². The van der Waals surface area contributed by atoms with Crippen molar-refractivity contribution >= 4 is 43.6 Å². The van der Waals surface area contributed by atoms with Crippen LogP contribution in [0.4, 0.5) is 0 Å². The van der Waals surface area contributed by atoms with Crippen LogP contribution in [0.5, 0.6) is 0 Å². The van der Waals surface area contributed by atoms with Gasteiger partial charge in [0.15, 0.2) is 0 Å². The fourth-order valence-electron chi connectivity index (χ4n) is 5.08. The van der Waals surface area contributed by atoms with E-state index in [4.69, 9.17) is 0 Å². The van der Waals surface area contributed by atoms with Crippen molar-refractivity contribution in [1.29, 1.82) is 0 Å². The highest BCUT2D eigenvalue weighted by Crippen LogP contribution is 2.40. The molecule has 0 aliphatic carbocycles. The Balaban J connectivity index is 1.84. The van der Waals surface area contributed by atoms with E-state index < -0.39 is 0 Å². The summed E-state index contributed by atoms with van der Waals surface area (Å²) >= 11 is 0. The first-order valence-corrected chi connectivity index (χ1v) is 11.3. The molecule has 0 aliphatic heterocycles. The highest BCUT2D eigenvalue weighted by Gasteiger charge is 2.20. The minimum atomic E-state index is 0.622. The zero-order valence-electron chi connectivity index (χ0n) is 18.0. The fourth-order valence-corrected chi connectivity index (χ4v) is 5.08. The number of hydrogen-bond acceptors (Lipinski definition) is 0. The summed E-state index contributed by atoms with van der Waals surface area (Å²) in [4.78, 5) is 0. The van der Waals surface area contributed by atoms with Gasteiger partial charge in [-0.15, -0.1) is 0 Å². The molecule has 0 amide bonds. The molecule has 0 saturated carbocycles. The minimum Gasteiger partial charge on any atom is -0.340 e. The Kier molecular flexibility index (Phi) is 4.14. The summed E-state index contributed by atoms with van der Waals surface area (Å²) in [6.07, 6.45) is 1.18. The largest absolute Gasteiger partial charge is 0.340 e. The van der Waals surface area contributed by atoms with Crippen LogP contribution >= 0.6 is 0 Å². The second kappa shape index (κ2) is 7.02. The zero-order valence-corrected chi connectivity index (χ0v) is 18.0. The molecule has 0 spiro atoms. The van der Waals surface area contributed by atoms with Gasteiger partial charge in [0.25, 0.3) is 0 Å². The molecule has 4 aromatic carbocycles. The van der Waals surface area contributed by atoms with Crippen LogP contribution in [0.3, 0.4) is 0 Å². The molecule has 0 saturated heterocycles. The molecule has 0 aliphatic rings. The van der Waals surface area contributed by atoms with Gasteiger partial charge < -0.3 is 9.13 Å². The van der Waals surface area contributed by atoms with Gasteiger partial charge in [-0.2, -0.15) is 0 Å².